The number of pyridine rings is 1. The minimum Gasteiger partial charge on any atom is -0.380 e. The lowest BCUT2D eigenvalue weighted by Crippen LogP contribution is -2.47. The molecule has 0 saturated heterocycles. The number of sulfonamides is 1. The number of alkyl halides is 1. The van der Waals surface area contributed by atoms with E-state index in [9.17, 15) is 17.6 Å². The molecule has 0 radical (unpaired) electrons. The van der Waals surface area contributed by atoms with Crippen LogP contribution in [-0.4, -0.2) is 44.9 Å². The number of hydrogen-bond acceptors (Lipinski definition) is 5. The number of anilines is 1. The number of urea groups is 1. The normalized spacial score (nSPS) is 21.7. The van der Waals surface area contributed by atoms with Gasteiger partial charge in [0.2, 0.25) is 10.0 Å². The molecule has 1 heterocycles. The second-order valence-corrected chi connectivity index (χ2v) is 8.82. The first kappa shape index (κ1) is 22.1. The van der Waals surface area contributed by atoms with Crippen LogP contribution in [0, 0.1) is 0 Å². The van der Waals surface area contributed by atoms with Crippen molar-refractivity contribution in [3.8, 4) is 0 Å². The SMILES string of the molecule is COC1CC(F)CCC1NS(=O)(=O)c1ccc(NC(=O)NCc2cccnc2)cc1. The smallest absolute Gasteiger partial charge is 0.319 e. The Morgan fingerprint density at radius 2 is 2.00 bits per heavy atom. The van der Waals surface area contributed by atoms with Crippen LogP contribution in [0.5, 0.6) is 0 Å². The van der Waals surface area contributed by atoms with Gasteiger partial charge in [-0.15, -0.1) is 0 Å². The fourth-order valence-corrected chi connectivity index (χ4v) is 4.62. The summed E-state index contributed by atoms with van der Waals surface area (Å²) in [6.45, 7) is 0.317. The van der Waals surface area contributed by atoms with E-state index >= 15 is 0 Å². The number of methoxy groups -OCH3 is 1. The Morgan fingerprint density at radius 3 is 2.67 bits per heavy atom. The summed E-state index contributed by atoms with van der Waals surface area (Å²) in [7, 11) is -2.35. The zero-order valence-corrected chi connectivity index (χ0v) is 17.4. The number of amides is 2. The lowest BCUT2D eigenvalue weighted by Gasteiger charge is -2.32. The van der Waals surface area contributed by atoms with Crippen LogP contribution in [0.15, 0.2) is 53.7 Å². The molecule has 1 aliphatic carbocycles. The van der Waals surface area contributed by atoms with Crippen molar-refractivity contribution in [2.75, 3.05) is 12.4 Å². The summed E-state index contributed by atoms with van der Waals surface area (Å²) < 4.78 is 46.7. The van der Waals surface area contributed by atoms with E-state index < -0.39 is 34.4 Å². The van der Waals surface area contributed by atoms with Crippen molar-refractivity contribution in [3.05, 3.63) is 54.4 Å². The van der Waals surface area contributed by atoms with Crippen LogP contribution in [0.1, 0.15) is 24.8 Å². The van der Waals surface area contributed by atoms with E-state index in [1.165, 1.54) is 31.4 Å². The summed E-state index contributed by atoms with van der Waals surface area (Å²) in [6.07, 6.45) is 2.65. The highest BCUT2D eigenvalue weighted by atomic mass is 32.2. The molecule has 3 unspecified atom stereocenters. The Labute approximate surface area is 175 Å². The van der Waals surface area contributed by atoms with Crippen molar-refractivity contribution in [2.45, 2.75) is 49.0 Å². The van der Waals surface area contributed by atoms with Gasteiger partial charge in [0, 0.05) is 44.2 Å². The molecule has 1 fully saturated rings. The fraction of sp³-hybridized carbons (Fsp3) is 0.400. The molecule has 3 N–H and O–H groups in total. The summed E-state index contributed by atoms with van der Waals surface area (Å²) in [5.41, 5.74) is 1.31. The predicted molar refractivity (Wildman–Crippen MR) is 110 cm³/mol. The lowest BCUT2D eigenvalue weighted by molar-refractivity contribution is 0.0207. The number of ether oxygens (including phenoxy) is 1. The summed E-state index contributed by atoms with van der Waals surface area (Å²) in [6, 6.07) is 8.54. The number of rotatable bonds is 7. The topological polar surface area (TPSA) is 109 Å². The Morgan fingerprint density at radius 1 is 1.23 bits per heavy atom. The van der Waals surface area contributed by atoms with Gasteiger partial charge >= 0.3 is 6.03 Å². The van der Waals surface area contributed by atoms with Crippen molar-refractivity contribution in [3.63, 3.8) is 0 Å². The van der Waals surface area contributed by atoms with Crippen molar-refractivity contribution in [2.24, 2.45) is 0 Å². The average Bonchev–Trinajstić information content (AvgIpc) is 2.74. The number of nitrogens with zero attached hydrogens (tertiary/aromatic N) is 1. The van der Waals surface area contributed by atoms with Gasteiger partial charge in [-0.1, -0.05) is 6.07 Å². The van der Waals surface area contributed by atoms with Gasteiger partial charge in [0.25, 0.3) is 0 Å². The molecule has 0 aliphatic heterocycles. The molecule has 2 aromatic rings. The zero-order chi connectivity index (χ0) is 21.6. The minimum absolute atomic E-state index is 0.0565. The second kappa shape index (κ2) is 9.96. The van der Waals surface area contributed by atoms with E-state index in [1.807, 2.05) is 6.07 Å². The van der Waals surface area contributed by atoms with Crippen LogP contribution >= 0.6 is 0 Å². The number of halogens is 1. The zero-order valence-electron chi connectivity index (χ0n) is 16.5. The van der Waals surface area contributed by atoms with Gasteiger partial charge in [0.15, 0.2) is 0 Å². The van der Waals surface area contributed by atoms with Gasteiger partial charge < -0.3 is 15.4 Å². The number of benzene rings is 1. The van der Waals surface area contributed by atoms with Crippen molar-refractivity contribution in [1.82, 2.24) is 15.0 Å². The number of carbonyl (C=O) groups is 1. The van der Waals surface area contributed by atoms with Gasteiger partial charge in [0.1, 0.15) is 6.17 Å². The van der Waals surface area contributed by atoms with Crippen LogP contribution in [0.4, 0.5) is 14.9 Å². The van der Waals surface area contributed by atoms with Crippen molar-refractivity contribution >= 4 is 21.7 Å². The maximum atomic E-state index is 13.5. The molecular weight excluding hydrogens is 411 g/mol. The lowest BCUT2D eigenvalue weighted by atomic mass is 9.92. The summed E-state index contributed by atoms with van der Waals surface area (Å²) in [5, 5.41) is 5.34. The van der Waals surface area contributed by atoms with Crippen molar-refractivity contribution in [1.29, 1.82) is 0 Å². The molecule has 10 heteroatoms. The Bertz CT molecular complexity index is 941. The number of hydrogen-bond donors (Lipinski definition) is 3. The first-order valence-corrected chi connectivity index (χ1v) is 11.1. The van der Waals surface area contributed by atoms with E-state index in [0.717, 1.165) is 5.56 Å². The van der Waals surface area contributed by atoms with E-state index in [4.69, 9.17) is 4.74 Å². The van der Waals surface area contributed by atoms with Crippen LogP contribution in [0.25, 0.3) is 0 Å². The molecule has 1 saturated carbocycles. The third kappa shape index (κ3) is 5.97. The molecule has 162 valence electrons. The minimum atomic E-state index is -3.80. The second-order valence-electron chi connectivity index (χ2n) is 7.11. The number of nitrogens with one attached hydrogen (secondary N) is 3. The molecule has 30 heavy (non-hydrogen) atoms. The summed E-state index contributed by atoms with van der Waals surface area (Å²) >= 11 is 0. The molecule has 0 bridgehead atoms. The van der Waals surface area contributed by atoms with E-state index in [-0.39, 0.29) is 11.3 Å². The summed E-state index contributed by atoms with van der Waals surface area (Å²) in [4.78, 5) is 16.0. The van der Waals surface area contributed by atoms with Gasteiger partial charge in [-0.2, -0.15) is 0 Å². The predicted octanol–water partition coefficient (Wildman–Crippen LogP) is 2.59. The van der Waals surface area contributed by atoms with E-state index in [0.29, 0.717) is 25.1 Å². The molecule has 1 aromatic heterocycles. The molecule has 2 amide bonds. The average molecular weight is 437 g/mol. The first-order chi connectivity index (χ1) is 14.4. The standard InChI is InChI=1S/C20H25FN4O4S/c1-29-19-11-15(21)4-9-18(19)25-30(27,28)17-7-5-16(6-8-17)24-20(26)23-13-14-3-2-10-22-12-14/h2-3,5-8,10,12,15,18-19,25H,4,9,11,13H2,1H3,(H2,23,24,26). The molecule has 3 rings (SSSR count). The van der Waals surface area contributed by atoms with Gasteiger partial charge in [-0.25, -0.2) is 22.3 Å². The molecule has 1 aromatic carbocycles. The monoisotopic (exact) mass is 436 g/mol. The van der Waals surface area contributed by atoms with E-state index in [2.05, 4.69) is 20.3 Å². The van der Waals surface area contributed by atoms with Crippen molar-refractivity contribution < 1.29 is 22.3 Å². The Hall–Kier alpha value is -2.56. The number of aromatic nitrogens is 1. The highest BCUT2D eigenvalue weighted by Crippen LogP contribution is 2.25. The third-order valence-electron chi connectivity index (χ3n) is 4.94. The molecular formula is C20H25FN4O4S. The Kier molecular flexibility index (Phi) is 7.35. The quantitative estimate of drug-likeness (QED) is 0.618. The maximum absolute atomic E-state index is 13.5. The molecule has 8 nitrogen and oxygen atoms in total. The first-order valence-electron chi connectivity index (χ1n) is 9.60. The van der Waals surface area contributed by atoms with Crippen LogP contribution < -0.4 is 15.4 Å². The van der Waals surface area contributed by atoms with Crippen LogP contribution in [0.2, 0.25) is 0 Å². The Balaban J connectivity index is 1.56. The van der Waals surface area contributed by atoms with Gasteiger partial charge in [-0.05, 0) is 48.7 Å². The fourth-order valence-electron chi connectivity index (χ4n) is 3.32. The molecule has 1 aliphatic rings. The highest BCUT2D eigenvalue weighted by molar-refractivity contribution is 7.89. The largest absolute Gasteiger partial charge is 0.380 e. The van der Waals surface area contributed by atoms with Gasteiger partial charge in [0.05, 0.1) is 11.0 Å². The number of carbonyl (C=O) groups excluding carboxylic acids is 1. The van der Waals surface area contributed by atoms with Crippen LogP contribution in [0.3, 0.4) is 0 Å². The van der Waals surface area contributed by atoms with Crippen LogP contribution in [-0.2, 0) is 21.3 Å². The maximum Gasteiger partial charge on any atom is 0.319 e. The molecule has 3 atom stereocenters. The van der Waals surface area contributed by atoms with E-state index in [1.54, 1.807) is 18.5 Å². The third-order valence-corrected chi connectivity index (χ3v) is 6.44. The van der Waals surface area contributed by atoms with Gasteiger partial charge in [-0.3, -0.25) is 4.98 Å². The summed E-state index contributed by atoms with van der Waals surface area (Å²) in [5.74, 6) is 0. The highest BCUT2D eigenvalue weighted by Gasteiger charge is 2.33. The molecule has 0 spiro atoms.